The quantitative estimate of drug-likeness (QED) is 0.561. The molecule has 0 bridgehead atoms. The van der Waals surface area contributed by atoms with Crippen LogP contribution in [0.5, 0.6) is 0 Å². The molecule has 1 saturated heterocycles. The van der Waals surface area contributed by atoms with E-state index in [0.29, 0.717) is 24.3 Å². The van der Waals surface area contributed by atoms with E-state index in [1.807, 2.05) is 0 Å². The fourth-order valence-electron chi connectivity index (χ4n) is 3.20. The third kappa shape index (κ3) is 3.70. The van der Waals surface area contributed by atoms with Gasteiger partial charge in [0.1, 0.15) is 5.69 Å². The predicted octanol–water partition coefficient (Wildman–Crippen LogP) is 1.65. The number of hydrogen-bond acceptors (Lipinski definition) is 5. The van der Waals surface area contributed by atoms with Gasteiger partial charge in [-0.1, -0.05) is 29.3 Å². The lowest BCUT2D eigenvalue weighted by atomic mass is 10.0. The molecule has 0 saturated carbocycles. The van der Waals surface area contributed by atoms with Crippen LogP contribution < -0.4 is 5.69 Å². The Balaban J connectivity index is 1.92. The number of carbonyl (C=O) groups excluding carboxylic acids is 2. The summed E-state index contributed by atoms with van der Waals surface area (Å²) in [7, 11) is 0. The fraction of sp³-hybridized carbons (Fsp3) is 0.438. The summed E-state index contributed by atoms with van der Waals surface area (Å²) in [6.07, 6.45) is 2.29. The van der Waals surface area contributed by atoms with E-state index in [4.69, 9.17) is 23.2 Å². The van der Waals surface area contributed by atoms with Gasteiger partial charge in [-0.25, -0.2) is 9.59 Å². The molecule has 1 unspecified atom stereocenters. The molecule has 1 aromatic heterocycles. The van der Waals surface area contributed by atoms with Crippen molar-refractivity contribution in [2.75, 3.05) is 19.6 Å². The van der Waals surface area contributed by atoms with Crippen molar-refractivity contribution in [3.05, 3.63) is 38.7 Å². The summed E-state index contributed by atoms with van der Waals surface area (Å²) in [6.45, 7) is 3.25. The molecule has 0 N–H and O–H groups in total. The van der Waals surface area contributed by atoms with E-state index in [0.717, 1.165) is 23.9 Å². The topological polar surface area (TPSA) is 93.3 Å². The Morgan fingerprint density at radius 3 is 2.67 bits per heavy atom. The van der Waals surface area contributed by atoms with Crippen LogP contribution >= 0.6 is 23.2 Å². The van der Waals surface area contributed by atoms with E-state index in [1.165, 1.54) is 4.90 Å². The largest absolute Gasteiger partial charge is 0.377 e. The number of likely N-dealkylation sites (tertiary alicyclic amines) is 1. The molecule has 1 aromatic carbocycles. The maximum atomic E-state index is 12.9. The third-order valence-corrected chi connectivity index (χ3v) is 5.13. The van der Waals surface area contributed by atoms with Crippen LogP contribution in [0.15, 0.2) is 23.0 Å². The Morgan fingerprint density at radius 2 is 2.04 bits per heavy atom. The first-order valence-electron chi connectivity index (χ1n) is 8.47. The summed E-state index contributed by atoms with van der Waals surface area (Å²) >= 11 is 12.2. The van der Waals surface area contributed by atoms with Gasteiger partial charge in [-0.15, -0.1) is 4.68 Å². The molecule has 9 nitrogen and oxygen atoms in total. The van der Waals surface area contributed by atoms with Crippen LogP contribution in [-0.2, 0) is 4.79 Å². The monoisotopic (exact) mass is 412 g/mol. The zero-order valence-corrected chi connectivity index (χ0v) is 16.1. The Labute approximate surface area is 165 Å². The normalized spacial score (nSPS) is 17.0. The average molecular weight is 413 g/mol. The number of piperidine rings is 1. The van der Waals surface area contributed by atoms with Crippen molar-refractivity contribution >= 4 is 35.6 Å². The Bertz CT molecular complexity index is 892. The average Bonchev–Trinajstić information content (AvgIpc) is 3.03. The predicted molar refractivity (Wildman–Crippen MR) is 99.5 cm³/mol. The number of aromatic nitrogens is 4. The molecule has 0 radical (unpaired) electrons. The minimum Gasteiger partial charge on any atom is -0.343 e. The van der Waals surface area contributed by atoms with Gasteiger partial charge in [0.2, 0.25) is 6.41 Å². The molecule has 11 heteroatoms. The van der Waals surface area contributed by atoms with Gasteiger partial charge in [0.15, 0.2) is 0 Å². The second kappa shape index (κ2) is 8.10. The van der Waals surface area contributed by atoms with E-state index in [2.05, 4.69) is 10.4 Å². The Kier molecular flexibility index (Phi) is 5.81. The number of para-hydroxylation sites is 1. The number of rotatable bonds is 4. The number of halogens is 2. The van der Waals surface area contributed by atoms with Crippen molar-refractivity contribution < 1.29 is 9.59 Å². The number of likely N-dealkylation sites (N-methyl/N-ethyl adjacent to an activating group) is 1. The lowest BCUT2D eigenvalue weighted by Crippen LogP contribution is -2.52. The zero-order valence-electron chi connectivity index (χ0n) is 14.6. The Morgan fingerprint density at radius 1 is 1.33 bits per heavy atom. The second-order valence-corrected chi connectivity index (χ2v) is 6.93. The van der Waals surface area contributed by atoms with E-state index in [1.54, 1.807) is 30.0 Å². The van der Waals surface area contributed by atoms with Gasteiger partial charge in [-0.05, 0) is 42.3 Å². The number of benzene rings is 1. The molecule has 1 aliphatic rings. The molecule has 0 aliphatic carbocycles. The maximum Gasteiger partial charge on any atom is 0.377 e. The standard InChI is InChI=1S/C16H18Cl2N6O3/c1-2-22(11-5-4-8-21(9-11)10-25)15(26)24-16(27)23(19-20-24)14-12(17)6-3-7-13(14)18/h3,6-7,10-11H,2,4-5,8-9H2,1H3. The first-order valence-corrected chi connectivity index (χ1v) is 9.23. The number of amides is 2. The lowest BCUT2D eigenvalue weighted by Gasteiger charge is -2.36. The zero-order chi connectivity index (χ0) is 19.6. The van der Waals surface area contributed by atoms with Crippen LogP contribution in [0.4, 0.5) is 4.79 Å². The first kappa shape index (κ1) is 19.4. The smallest absolute Gasteiger partial charge is 0.343 e. The SMILES string of the molecule is CCN(C(=O)n1nnn(-c2c(Cl)cccc2Cl)c1=O)C1CCCN(C=O)C1. The summed E-state index contributed by atoms with van der Waals surface area (Å²) in [5.41, 5.74) is -0.603. The minimum atomic E-state index is -0.767. The van der Waals surface area contributed by atoms with Gasteiger partial charge in [0.05, 0.1) is 16.1 Å². The number of carbonyl (C=O) groups is 2. The first-order chi connectivity index (χ1) is 13.0. The van der Waals surface area contributed by atoms with E-state index in [9.17, 15) is 14.4 Å². The van der Waals surface area contributed by atoms with Gasteiger partial charge in [-0.2, -0.15) is 4.68 Å². The van der Waals surface area contributed by atoms with Gasteiger partial charge < -0.3 is 9.80 Å². The third-order valence-electron chi connectivity index (χ3n) is 4.52. The van der Waals surface area contributed by atoms with Gasteiger partial charge in [0, 0.05) is 19.6 Å². The summed E-state index contributed by atoms with van der Waals surface area (Å²) in [4.78, 5) is 39.8. The summed E-state index contributed by atoms with van der Waals surface area (Å²) in [5, 5.41) is 7.89. The van der Waals surface area contributed by atoms with Gasteiger partial charge in [0.25, 0.3) is 0 Å². The van der Waals surface area contributed by atoms with Crippen LogP contribution in [0.2, 0.25) is 10.0 Å². The van der Waals surface area contributed by atoms with Crippen molar-refractivity contribution in [3.63, 3.8) is 0 Å². The van der Waals surface area contributed by atoms with Crippen molar-refractivity contribution in [1.29, 1.82) is 0 Å². The minimum absolute atomic E-state index is 0.165. The lowest BCUT2D eigenvalue weighted by molar-refractivity contribution is -0.119. The van der Waals surface area contributed by atoms with Crippen LogP contribution in [0.3, 0.4) is 0 Å². The molecule has 3 rings (SSSR count). The van der Waals surface area contributed by atoms with Crippen LogP contribution in [0, 0.1) is 0 Å². The molecule has 2 amide bonds. The van der Waals surface area contributed by atoms with E-state index >= 15 is 0 Å². The van der Waals surface area contributed by atoms with Crippen molar-refractivity contribution in [1.82, 2.24) is 29.6 Å². The van der Waals surface area contributed by atoms with Crippen LogP contribution in [-0.4, -0.2) is 67.7 Å². The molecular formula is C16H18Cl2N6O3. The highest BCUT2D eigenvalue weighted by Gasteiger charge is 2.30. The molecule has 1 fully saturated rings. The highest BCUT2D eigenvalue weighted by atomic mass is 35.5. The van der Waals surface area contributed by atoms with E-state index in [-0.39, 0.29) is 21.8 Å². The second-order valence-electron chi connectivity index (χ2n) is 6.12. The van der Waals surface area contributed by atoms with E-state index < -0.39 is 11.7 Å². The molecule has 27 heavy (non-hydrogen) atoms. The molecule has 0 spiro atoms. The van der Waals surface area contributed by atoms with Crippen molar-refractivity contribution in [2.24, 2.45) is 0 Å². The highest BCUT2D eigenvalue weighted by Crippen LogP contribution is 2.26. The fourth-order valence-corrected chi connectivity index (χ4v) is 3.76. The highest BCUT2D eigenvalue weighted by molar-refractivity contribution is 6.37. The number of hydrogen-bond donors (Lipinski definition) is 0. The molecule has 1 atom stereocenters. The molecule has 2 aromatic rings. The summed E-state index contributed by atoms with van der Waals surface area (Å²) in [6, 6.07) is 3.96. The number of nitrogens with zero attached hydrogens (tertiary/aromatic N) is 6. The molecule has 1 aliphatic heterocycles. The summed E-state index contributed by atoms with van der Waals surface area (Å²) in [5.74, 6) is 0. The summed E-state index contributed by atoms with van der Waals surface area (Å²) < 4.78 is 1.58. The van der Waals surface area contributed by atoms with Crippen LogP contribution in [0.25, 0.3) is 5.69 Å². The van der Waals surface area contributed by atoms with Crippen molar-refractivity contribution in [2.45, 2.75) is 25.8 Å². The van der Waals surface area contributed by atoms with Gasteiger partial charge in [-0.3, -0.25) is 4.79 Å². The molecular weight excluding hydrogens is 395 g/mol. The molecule has 144 valence electrons. The Hall–Kier alpha value is -2.39. The van der Waals surface area contributed by atoms with Crippen molar-refractivity contribution in [3.8, 4) is 5.69 Å². The molecule has 2 heterocycles. The van der Waals surface area contributed by atoms with Crippen LogP contribution in [0.1, 0.15) is 19.8 Å². The number of tetrazole rings is 1. The van der Waals surface area contributed by atoms with Gasteiger partial charge >= 0.3 is 11.7 Å². The maximum absolute atomic E-state index is 12.9.